The van der Waals surface area contributed by atoms with Gasteiger partial charge in [0.15, 0.2) is 0 Å². The molecule has 1 aliphatic heterocycles. The third-order valence-electron chi connectivity index (χ3n) is 4.53. The molecule has 2 N–H and O–H groups in total. The van der Waals surface area contributed by atoms with Crippen molar-refractivity contribution in [3.05, 3.63) is 16.4 Å². The summed E-state index contributed by atoms with van der Waals surface area (Å²) in [6, 6.07) is 1.10. The first kappa shape index (κ1) is 14.5. The molecule has 0 aromatic carbocycles. The van der Waals surface area contributed by atoms with Gasteiger partial charge >= 0.3 is 0 Å². The van der Waals surface area contributed by atoms with E-state index in [-0.39, 0.29) is 6.10 Å². The Morgan fingerprint density at radius 2 is 2.30 bits per heavy atom. The fourth-order valence-corrected chi connectivity index (χ4v) is 4.05. The topological polar surface area (TPSA) is 53.3 Å². The van der Waals surface area contributed by atoms with Crippen LogP contribution >= 0.6 is 15.9 Å². The van der Waals surface area contributed by atoms with E-state index in [4.69, 9.17) is 0 Å². The fourth-order valence-electron chi connectivity index (χ4n) is 3.54. The lowest BCUT2D eigenvalue weighted by Crippen LogP contribution is -2.46. The molecule has 1 saturated heterocycles. The molecular weight excluding hydrogens is 320 g/mol. The zero-order valence-electron chi connectivity index (χ0n) is 11.9. The second-order valence-corrected chi connectivity index (χ2v) is 6.87. The van der Waals surface area contributed by atoms with Gasteiger partial charge in [-0.1, -0.05) is 6.42 Å². The highest BCUT2D eigenvalue weighted by molar-refractivity contribution is 9.10. The zero-order chi connectivity index (χ0) is 14.1. The van der Waals surface area contributed by atoms with Gasteiger partial charge in [0.2, 0.25) is 0 Å². The second kappa shape index (κ2) is 6.13. The second-order valence-electron chi connectivity index (χ2n) is 6.02. The van der Waals surface area contributed by atoms with Crippen LogP contribution in [0.15, 0.2) is 10.7 Å². The highest BCUT2D eigenvalue weighted by Gasteiger charge is 2.35. The van der Waals surface area contributed by atoms with Gasteiger partial charge in [-0.3, -0.25) is 9.58 Å². The van der Waals surface area contributed by atoms with Gasteiger partial charge < -0.3 is 10.4 Å². The molecule has 1 aliphatic carbocycles. The van der Waals surface area contributed by atoms with Crippen LogP contribution in [-0.2, 0) is 13.6 Å². The SMILES string of the molecule is Cn1cc(Br)c(CN[C@@H]2CCC[C@@H]2N2CCC(O)C2)n1. The number of aliphatic hydroxyl groups is 1. The van der Waals surface area contributed by atoms with Crippen LogP contribution in [0.4, 0.5) is 0 Å². The summed E-state index contributed by atoms with van der Waals surface area (Å²) in [7, 11) is 1.94. The number of aliphatic hydroxyl groups excluding tert-OH is 1. The molecule has 2 fully saturated rings. The van der Waals surface area contributed by atoms with Crippen molar-refractivity contribution in [3.63, 3.8) is 0 Å². The number of halogens is 1. The van der Waals surface area contributed by atoms with Crippen molar-refractivity contribution >= 4 is 15.9 Å². The van der Waals surface area contributed by atoms with Crippen molar-refractivity contribution in [3.8, 4) is 0 Å². The Morgan fingerprint density at radius 3 is 2.95 bits per heavy atom. The molecule has 3 atom stereocenters. The molecule has 2 aliphatic rings. The van der Waals surface area contributed by atoms with Crippen LogP contribution in [0, 0.1) is 0 Å². The van der Waals surface area contributed by atoms with E-state index >= 15 is 0 Å². The maximum absolute atomic E-state index is 9.71. The summed E-state index contributed by atoms with van der Waals surface area (Å²) < 4.78 is 2.91. The number of likely N-dealkylation sites (tertiary alicyclic amines) is 1. The molecule has 0 radical (unpaired) electrons. The summed E-state index contributed by atoms with van der Waals surface area (Å²) >= 11 is 3.55. The van der Waals surface area contributed by atoms with Crippen LogP contribution in [0.25, 0.3) is 0 Å². The normalized spacial score (nSPS) is 31.2. The molecule has 1 unspecified atom stereocenters. The van der Waals surface area contributed by atoms with Crippen molar-refractivity contribution < 1.29 is 5.11 Å². The third-order valence-corrected chi connectivity index (χ3v) is 5.19. The van der Waals surface area contributed by atoms with Gasteiger partial charge in [0, 0.05) is 45.0 Å². The van der Waals surface area contributed by atoms with E-state index in [1.807, 2.05) is 17.9 Å². The minimum atomic E-state index is -0.124. The zero-order valence-corrected chi connectivity index (χ0v) is 13.5. The van der Waals surface area contributed by atoms with Crippen LogP contribution < -0.4 is 5.32 Å². The number of β-amino-alcohol motifs (C(OH)–C–C–N with tert-alkyl or cyclic N) is 1. The molecule has 3 rings (SSSR count). The summed E-state index contributed by atoms with van der Waals surface area (Å²) in [5.74, 6) is 0. The van der Waals surface area contributed by atoms with Gasteiger partial charge in [-0.05, 0) is 35.2 Å². The van der Waals surface area contributed by atoms with Gasteiger partial charge in [0.25, 0.3) is 0 Å². The number of nitrogens with zero attached hydrogens (tertiary/aromatic N) is 3. The van der Waals surface area contributed by atoms with Crippen LogP contribution in [0.5, 0.6) is 0 Å². The Morgan fingerprint density at radius 1 is 1.45 bits per heavy atom. The molecule has 0 bridgehead atoms. The van der Waals surface area contributed by atoms with Gasteiger partial charge in [-0.15, -0.1) is 0 Å². The van der Waals surface area contributed by atoms with E-state index < -0.39 is 0 Å². The quantitative estimate of drug-likeness (QED) is 0.864. The van der Waals surface area contributed by atoms with Crippen molar-refractivity contribution in [1.29, 1.82) is 0 Å². The molecule has 112 valence electrons. The molecular formula is C14H23BrN4O. The number of nitrogens with one attached hydrogen (secondary N) is 1. The molecule has 1 aromatic heterocycles. The van der Waals surface area contributed by atoms with Gasteiger partial charge in [0.05, 0.1) is 16.3 Å². The Hall–Kier alpha value is -0.430. The maximum Gasteiger partial charge on any atom is 0.0904 e. The number of aryl methyl sites for hydroxylation is 1. The van der Waals surface area contributed by atoms with Crippen LogP contribution in [-0.4, -0.2) is 51.1 Å². The Labute approximate surface area is 128 Å². The number of rotatable bonds is 4. The number of hydrogen-bond donors (Lipinski definition) is 2. The molecule has 6 heteroatoms. The van der Waals surface area contributed by atoms with Crippen molar-refractivity contribution in [2.45, 2.75) is 50.4 Å². The average molecular weight is 343 g/mol. The van der Waals surface area contributed by atoms with E-state index in [1.54, 1.807) is 0 Å². The van der Waals surface area contributed by atoms with Crippen molar-refractivity contribution in [2.24, 2.45) is 7.05 Å². The smallest absolute Gasteiger partial charge is 0.0904 e. The van der Waals surface area contributed by atoms with Crippen molar-refractivity contribution in [2.75, 3.05) is 13.1 Å². The Balaban J connectivity index is 1.57. The fraction of sp³-hybridized carbons (Fsp3) is 0.786. The first-order valence-electron chi connectivity index (χ1n) is 7.47. The first-order chi connectivity index (χ1) is 9.63. The molecule has 1 aromatic rings. The summed E-state index contributed by atoms with van der Waals surface area (Å²) in [6.07, 6.45) is 6.53. The summed E-state index contributed by atoms with van der Waals surface area (Å²) in [5.41, 5.74) is 1.07. The van der Waals surface area contributed by atoms with E-state index in [0.29, 0.717) is 12.1 Å². The lowest BCUT2D eigenvalue weighted by Gasteiger charge is -2.29. The van der Waals surface area contributed by atoms with E-state index in [9.17, 15) is 5.11 Å². The number of aromatic nitrogens is 2. The summed E-state index contributed by atoms with van der Waals surface area (Å²) in [6.45, 7) is 2.69. The number of hydrogen-bond acceptors (Lipinski definition) is 4. The lowest BCUT2D eigenvalue weighted by atomic mass is 10.1. The van der Waals surface area contributed by atoms with E-state index in [2.05, 4.69) is 31.2 Å². The van der Waals surface area contributed by atoms with E-state index in [1.165, 1.54) is 19.3 Å². The predicted molar refractivity (Wildman–Crippen MR) is 81.4 cm³/mol. The van der Waals surface area contributed by atoms with Crippen LogP contribution in [0.3, 0.4) is 0 Å². The van der Waals surface area contributed by atoms with Crippen LogP contribution in [0.2, 0.25) is 0 Å². The summed E-state index contributed by atoms with van der Waals surface area (Å²) in [5, 5.41) is 17.8. The molecule has 20 heavy (non-hydrogen) atoms. The highest BCUT2D eigenvalue weighted by atomic mass is 79.9. The lowest BCUT2D eigenvalue weighted by molar-refractivity contribution is 0.149. The minimum Gasteiger partial charge on any atom is -0.392 e. The summed E-state index contributed by atoms with van der Waals surface area (Å²) in [4.78, 5) is 2.46. The van der Waals surface area contributed by atoms with Crippen molar-refractivity contribution in [1.82, 2.24) is 20.0 Å². The van der Waals surface area contributed by atoms with Gasteiger partial charge in [-0.2, -0.15) is 5.10 Å². The standard InChI is InChI=1S/C14H23BrN4O/c1-18-9-11(15)13(17-18)7-16-12-3-2-4-14(12)19-6-5-10(20)8-19/h9-10,12,14,16,20H,2-8H2,1H3/t10?,12-,14+/m1/s1. The molecule has 0 spiro atoms. The Bertz CT molecular complexity index is 464. The monoisotopic (exact) mass is 342 g/mol. The molecule has 5 nitrogen and oxygen atoms in total. The third kappa shape index (κ3) is 3.08. The largest absolute Gasteiger partial charge is 0.392 e. The van der Waals surface area contributed by atoms with Gasteiger partial charge in [-0.25, -0.2) is 0 Å². The molecule has 1 saturated carbocycles. The van der Waals surface area contributed by atoms with Gasteiger partial charge in [0.1, 0.15) is 0 Å². The molecule has 0 amide bonds. The Kier molecular flexibility index (Phi) is 4.45. The molecule has 2 heterocycles. The predicted octanol–water partition coefficient (Wildman–Crippen LogP) is 1.26. The maximum atomic E-state index is 9.71. The first-order valence-corrected chi connectivity index (χ1v) is 8.26. The average Bonchev–Trinajstić information content (AvgIpc) is 3.07. The minimum absolute atomic E-state index is 0.124. The van der Waals surface area contributed by atoms with E-state index in [0.717, 1.165) is 36.2 Å². The van der Waals surface area contributed by atoms with Crippen LogP contribution in [0.1, 0.15) is 31.4 Å². The highest BCUT2D eigenvalue weighted by Crippen LogP contribution is 2.27.